The van der Waals surface area contributed by atoms with E-state index in [9.17, 15) is 4.79 Å². The van der Waals surface area contributed by atoms with Crippen LogP contribution in [0, 0.1) is 11.3 Å². The van der Waals surface area contributed by atoms with Crippen molar-refractivity contribution in [2.24, 2.45) is 11.3 Å². The predicted octanol–water partition coefficient (Wildman–Crippen LogP) is 3.10. The van der Waals surface area contributed by atoms with Gasteiger partial charge in [0, 0.05) is 5.41 Å². The summed E-state index contributed by atoms with van der Waals surface area (Å²) in [5.74, 6) is -0.244. The molecular weight excluding hydrogens is 188 g/mol. The molecule has 0 spiro atoms. The Morgan fingerprint density at radius 3 is 2.53 bits per heavy atom. The largest absolute Gasteiger partial charge is 0.466 e. The Bertz CT molecular complexity index is 321. The highest BCUT2D eigenvalue weighted by Gasteiger charge is 2.40. The summed E-state index contributed by atoms with van der Waals surface area (Å²) in [6.07, 6.45) is 4.10. The lowest BCUT2D eigenvalue weighted by molar-refractivity contribution is -0.149. The van der Waals surface area contributed by atoms with E-state index in [2.05, 4.69) is 26.8 Å². The summed E-state index contributed by atoms with van der Waals surface area (Å²) in [5.41, 5.74) is 2.18. The van der Waals surface area contributed by atoms with Crippen molar-refractivity contribution in [1.29, 1.82) is 0 Å². The molecule has 0 aromatic rings. The summed E-state index contributed by atoms with van der Waals surface area (Å²) in [6, 6.07) is 0. The van der Waals surface area contributed by atoms with E-state index in [-0.39, 0.29) is 17.3 Å². The van der Waals surface area contributed by atoms with Crippen molar-refractivity contribution in [2.45, 2.75) is 34.6 Å². The van der Waals surface area contributed by atoms with Crippen LogP contribution < -0.4 is 0 Å². The van der Waals surface area contributed by atoms with Crippen LogP contribution in [0.3, 0.4) is 0 Å². The van der Waals surface area contributed by atoms with E-state index >= 15 is 0 Å². The van der Waals surface area contributed by atoms with Gasteiger partial charge >= 0.3 is 5.97 Å². The molecule has 1 atom stereocenters. The maximum atomic E-state index is 11.9. The third-order valence-electron chi connectivity index (χ3n) is 3.31. The van der Waals surface area contributed by atoms with Gasteiger partial charge in [0.2, 0.25) is 0 Å². The van der Waals surface area contributed by atoms with Crippen molar-refractivity contribution >= 4 is 5.97 Å². The highest BCUT2D eigenvalue weighted by molar-refractivity contribution is 5.78. The number of rotatable bonds is 2. The maximum absolute atomic E-state index is 11.9. The zero-order chi connectivity index (χ0) is 11.6. The van der Waals surface area contributed by atoms with Gasteiger partial charge in [-0.1, -0.05) is 37.1 Å². The highest BCUT2D eigenvalue weighted by atomic mass is 16.5. The van der Waals surface area contributed by atoms with Crippen LogP contribution in [0.15, 0.2) is 23.3 Å². The van der Waals surface area contributed by atoms with Gasteiger partial charge in [-0.05, 0) is 20.8 Å². The smallest absolute Gasteiger partial charge is 0.313 e. The summed E-state index contributed by atoms with van der Waals surface area (Å²) >= 11 is 0. The number of ether oxygens (including phenoxy) is 1. The second-order valence-electron chi connectivity index (χ2n) is 4.67. The lowest BCUT2D eigenvalue weighted by Crippen LogP contribution is -2.35. The van der Waals surface area contributed by atoms with Gasteiger partial charge in [0.05, 0.1) is 12.5 Å². The summed E-state index contributed by atoms with van der Waals surface area (Å²) in [6.45, 7) is 10.5. The van der Waals surface area contributed by atoms with Crippen LogP contribution in [0.1, 0.15) is 34.6 Å². The van der Waals surface area contributed by atoms with Crippen LogP contribution in [-0.4, -0.2) is 12.6 Å². The maximum Gasteiger partial charge on any atom is 0.313 e. The molecule has 0 aliphatic heterocycles. The van der Waals surface area contributed by atoms with Crippen molar-refractivity contribution in [3.63, 3.8) is 0 Å². The Kier molecular flexibility index (Phi) is 3.38. The molecule has 2 heteroatoms. The molecule has 0 N–H and O–H groups in total. The Hall–Kier alpha value is -1.05. The summed E-state index contributed by atoms with van der Waals surface area (Å²) < 4.78 is 5.13. The van der Waals surface area contributed by atoms with Gasteiger partial charge in [-0.2, -0.15) is 0 Å². The lowest BCUT2D eigenvalue weighted by Gasteiger charge is -2.36. The molecule has 0 fully saturated rings. The lowest BCUT2D eigenvalue weighted by atomic mass is 9.68. The minimum atomic E-state index is -0.137. The number of carbonyl (C=O) groups is 1. The molecular formula is C13H20O2. The van der Waals surface area contributed by atoms with Gasteiger partial charge in [0.1, 0.15) is 0 Å². The zero-order valence-electron chi connectivity index (χ0n) is 10.3. The second-order valence-corrected chi connectivity index (χ2v) is 4.67. The van der Waals surface area contributed by atoms with Gasteiger partial charge in [-0.15, -0.1) is 0 Å². The van der Waals surface area contributed by atoms with Crippen LogP contribution >= 0.6 is 0 Å². The fourth-order valence-electron chi connectivity index (χ4n) is 2.07. The molecule has 84 valence electrons. The van der Waals surface area contributed by atoms with E-state index in [0.29, 0.717) is 6.61 Å². The molecule has 1 rings (SSSR count). The molecule has 1 aliphatic rings. The predicted molar refractivity (Wildman–Crippen MR) is 61.4 cm³/mol. The van der Waals surface area contributed by atoms with E-state index in [0.717, 1.165) is 5.57 Å². The number of esters is 1. The molecule has 1 unspecified atom stereocenters. The molecule has 0 aromatic heterocycles. The first-order valence-corrected chi connectivity index (χ1v) is 5.43. The van der Waals surface area contributed by atoms with Crippen molar-refractivity contribution < 1.29 is 9.53 Å². The first-order valence-electron chi connectivity index (χ1n) is 5.43. The Morgan fingerprint density at radius 1 is 1.40 bits per heavy atom. The molecule has 15 heavy (non-hydrogen) atoms. The van der Waals surface area contributed by atoms with E-state index in [1.165, 1.54) is 5.57 Å². The van der Waals surface area contributed by atoms with Crippen molar-refractivity contribution in [1.82, 2.24) is 0 Å². The molecule has 0 bridgehead atoms. The normalized spacial score (nSPS) is 24.2. The molecule has 0 heterocycles. The summed E-state index contributed by atoms with van der Waals surface area (Å²) in [7, 11) is 0. The van der Waals surface area contributed by atoms with Gasteiger partial charge in [-0.25, -0.2) is 0 Å². The van der Waals surface area contributed by atoms with E-state index in [1.807, 2.05) is 19.9 Å². The van der Waals surface area contributed by atoms with Crippen LogP contribution in [0.4, 0.5) is 0 Å². The second kappa shape index (κ2) is 4.21. The van der Waals surface area contributed by atoms with Crippen LogP contribution in [0.5, 0.6) is 0 Å². The Labute approximate surface area is 92.0 Å². The standard InChI is InChI=1S/C13H20O2/c1-6-15-12(14)11-9(2)7-8-10(3)13(11,4)5/h7-8,11H,6H2,1-5H3. The molecule has 0 saturated heterocycles. The van der Waals surface area contributed by atoms with Gasteiger partial charge in [0.25, 0.3) is 0 Å². The van der Waals surface area contributed by atoms with E-state index < -0.39 is 0 Å². The molecule has 2 nitrogen and oxygen atoms in total. The van der Waals surface area contributed by atoms with Crippen LogP contribution in [0.25, 0.3) is 0 Å². The first-order chi connectivity index (χ1) is 6.91. The SMILES string of the molecule is CCOC(=O)C1C(C)=CC=C(C)C1(C)C. The Morgan fingerprint density at radius 2 is 2.00 bits per heavy atom. The van der Waals surface area contributed by atoms with Crippen molar-refractivity contribution in [2.75, 3.05) is 6.61 Å². The van der Waals surface area contributed by atoms with Gasteiger partial charge in [-0.3, -0.25) is 4.79 Å². The number of carbonyl (C=O) groups excluding carboxylic acids is 1. The minimum Gasteiger partial charge on any atom is -0.466 e. The topological polar surface area (TPSA) is 26.3 Å². The highest BCUT2D eigenvalue weighted by Crippen LogP contribution is 2.42. The molecule has 0 radical (unpaired) electrons. The number of hydrogen-bond donors (Lipinski definition) is 0. The molecule has 0 saturated carbocycles. The monoisotopic (exact) mass is 208 g/mol. The van der Waals surface area contributed by atoms with Crippen LogP contribution in [-0.2, 0) is 9.53 Å². The van der Waals surface area contributed by atoms with Crippen molar-refractivity contribution in [3.8, 4) is 0 Å². The fourth-order valence-corrected chi connectivity index (χ4v) is 2.07. The molecule has 1 aliphatic carbocycles. The number of allylic oxidation sites excluding steroid dienone is 3. The van der Waals surface area contributed by atoms with Crippen LogP contribution in [0.2, 0.25) is 0 Å². The first kappa shape index (κ1) is 12.0. The minimum absolute atomic E-state index is 0.108. The number of hydrogen-bond acceptors (Lipinski definition) is 2. The van der Waals surface area contributed by atoms with Crippen molar-refractivity contribution in [3.05, 3.63) is 23.3 Å². The quantitative estimate of drug-likeness (QED) is 0.652. The Balaban J connectivity index is 3.02. The average Bonchev–Trinajstić information content (AvgIpc) is 2.12. The fraction of sp³-hybridized carbons (Fsp3) is 0.615. The summed E-state index contributed by atoms with van der Waals surface area (Å²) in [5, 5.41) is 0. The molecule has 0 amide bonds. The van der Waals surface area contributed by atoms with Gasteiger partial charge in [0.15, 0.2) is 0 Å². The van der Waals surface area contributed by atoms with Gasteiger partial charge < -0.3 is 4.74 Å². The van der Waals surface area contributed by atoms with E-state index in [4.69, 9.17) is 4.74 Å². The molecule has 0 aromatic carbocycles. The van der Waals surface area contributed by atoms with E-state index in [1.54, 1.807) is 0 Å². The third kappa shape index (κ3) is 2.14. The third-order valence-corrected chi connectivity index (χ3v) is 3.31. The zero-order valence-corrected chi connectivity index (χ0v) is 10.3. The summed E-state index contributed by atoms with van der Waals surface area (Å²) in [4.78, 5) is 11.9. The average molecular weight is 208 g/mol.